The summed E-state index contributed by atoms with van der Waals surface area (Å²) in [7, 11) is 0. The molecule has 0 saturated carbocycles. The molecule has 0 N–H and O–H groups in total. The van der Waals surface area contributed by atoms with Crippen LogP contribution in [0.1, 0.15) is 36.3 Å². The first kappa shape index (κ1) is 21.7. The standard InChI is InChI=1S/C29H31FN2O/c30-25-13-11-23(12-14-25)21-32-22-28(27-9-4-5-10-29(27)32)24-15-18-31(19-16-24)17-6-20-33-26-7-2-1-3-8-26/h1-5,7-14,22,24H,6,15-21H2. The molecule has 170 valence electrons. The summed E-state index contributed by atoms with van der Waals surface area (Å²) in [4.78, 5) is 2.57. The third-order valence-electron chi connectivity index (χ3n) is 6.74. The first-order valence-corrected chi connectivity index (χ1v) is 12.0. The van der Waals surface area contributed by atoms with Crippen molar-refractivity contribution in [2.45, 2.75) is 31.7 Å². The molecular formula is C29H31FN2O. The largest absolute Gasteiger partial charge is 0.494 e. The zero-order valence-electron chi connectivity index (χ0n) is 19.0. The second-order valence-corrected chi connectivity index (χ2v) is 8.99. The SMILES string of the molecule is Fc1ccc(Cn2cc(C3CCN(CCCOc4ccccc4)CC3)c3ccccc32)cc1. The van der Waals surface area contributed by atoms with Gasteiger partial charge in [-0.1, -0.05) is 48.5 Å². The molecule has 1 aliphatic heterocycles. The van der Waals surface area contributed by atoms with Crippen LogP contribution in [0.2, 0.25) is 0 Å². The van der Waals surface area contributed by atoms with Crippen molar-refractivity contribution in [3.05, 3.63) is 102 Å². The molecule has 1 saturated heterocycles. The maximum Gasteiger partial charge on any atom is 0.123 e. The number of para-hydroxylation sites is 2. The van der Waals surface area contributed by atoms with Crippen LogP contribution in [0, 0.1) is 5.82 Å². The topological polar surface area (TPSA) is 17.4 Å². The summed E-state index contributed by atoms with van der Waals surface area (Å²) < 4.78 is 21.5. The van der Waals surface area contributed by atoms with Crippen molar-refractivity contribution in [3.63, 3.8) is 0 Å². The average molecular weight is 443 g/mol. The number of piperidine rings is 1. The zero-order valence-corrected chi connectivity index (χ0v) is 19.0. The molecule has 3 nitrogen and oxygen atoms in total. The Bertz CT molecular complexity index is 1160. The molecule has 0 atom stereocenters. The first-order valence-electron chi connectivity index (χ1n) is 12.0. The lowest BCUT2D eigenvalue weighted by atomic mass is 9.89. The van der Waals surface area contributed by atoms with Gasteiger partial charge in [-0.15, -0.1) is 0 Å². The van der Waals surface area contributed by atoms with Gasteiger partial charge in [0.15, 0.2) is 0 Å². The van der Waals surface area contributed by atoms with Gasteiger partial charge in [0, 0.05) is 30.2 Å². The number of hydrogen-bond acceptors (Lipinski definition) is 2. The maximum absolute atomic E-state index is 13.3. The number of aromatic nitrogens is 1. The van der Waals surface area contributed by atoms with E-state index in [9.17, 15) is 4.39 Å². The number of nitrogens with zero attached hydrogens (tertiary/aromatic N) is 2. The smallest absolute Gasteiger partial charge is 0.123 e. The number of halogens is 1. The molecule has 0 bridgehead atoms. The summed E-state index contributed by atoms with van der Waals surface area (Å²) in [6, 6.07) is 25.6. The fraction of sp³-hybridized carbons (Fsp3) is 0.310. The Morgan fingerprint density at radius 2 is 1.58 bits per heavy atom. The van der Waals surface area contributed by atoms with Crippen LogP contribution >= 0.6 is 0 Å². The van der Waals surface area contributed by atoms with Crippen LogP contribution in [-0.4, -0.2) is 35.7 Å². The average Bonchev–Trinajstić information content (AvgIpc) is 3.23. The van der Waals surface area contributed by atoms with E-state index >= 15 is 0 Å². The number of rotatable bonds is 8. The van der Waals surface area contributed by atoms with Crippen molar-refractivity contribution in [3.8, 4) is 5.75 Å². The Kier molecular flexibility index (Phi) is 6.73. The summed E-state index contributed by atoms with van der Waals surface area (Å²) in [6.45, 7) is 4.88. The van der Waals surface area contributed by atoms with Crippen LogP contribution in [0.5, 0.6) is 5.75 Å². The molecule has 4 aromatic rings. The number of fused-ring (bicyclic) bond motifs is 1. The predicted molar refractivity (Wildman–Crippen MR) is 132 cm³/mol. The van der Waals surface area contributed by atoms with E-state index in [0.717, 1.165) is 50.5 Å². The van der Waals surface area contributed by atoms with Crippen LogP contribution in [0.4, 0.5) is 4.39 Å². The molecule has 1 aromatic heterocycles. The monoisotopic (exact) mass is 442 g/mol. The second kappa shape index (κ2) is 10.2. The van der Waals surface area contributed by atoms with Gasteiger partial charge in [-0.3, -0.25) is 0 Å². The Labute approximate surface area is 195 Å². The van der Waals surface area contributed by atoms with Crippen LogP contribution in [0.3, 0.4) is 0 Å². The Balaban J connectivity index is 1.19. The molecule has 0 spiro atoms. The molecular weight excluding hydrogens is 411 g/mol. The van der Waals surface area contributed by atoms with Crippen molar-refractivity contribution in [1.82, 2.24) is 9.47 Å². The molecule has 0 unspecified atom stereocenters. The van der Waals surface area contributed by atoms with Crippen molar-refractivity contribution in [1.29, 1.82) is 0 Å². The van der Waals surface area contributed by atoms with Gasteiger partial charge in [0.05, 0.1) is 6.61 Å². The predicted octanol–water partition coefficient (Wildman–Crippen LogP) is 6.48. The van der Waals surface area contributed by atoms with E-state index in [1.807, 2.05) is 42.5 Å². The van der Waals surface area contributed by atoms with Crippen LogP contribution < -0.4 is 4.74 Å². The van der Waals surface area contributed by atoms with E-state index < -0.39 is 0 Å². The highest BCUT2D eigenvalue weighted by Crippen LogP contribution is 2.34. The van der Waals surface area contributed by atoms with Gasteiger partial charge < -0.3 is 14.2 Å². The molecule has 4 heteroatoms. The van der Waals surface area contributed by atoms with Crippen molar-refractivity contribution in [2.75, 3.05) is 26.2 Å². The van der Waals surface area contributed by atoms with Crippen LogP contribution in [0.15, 0.2) is 85.1 Å². The molecule has 0 radical (unpaired) electrons. The molecule has 3 aromatic carbocycles. The van der Waals surface area contributed by atoms with E-state index in [1.54, 1.807) is 12.1 Å². The second-order valence-electron chi connectivity index (χ2n) is 8.99. The minimum atomic E-state index is -0.185. The fourth-order valence-corrected chi connectivity index (χ4v) is 4.98. The van der Waals surface area contributed by atoms with Crippen molar-refractivity contribution >= 4 is 10.9 Å². The van der Waals surface area contributed by atoms with E-state index in [-0.39, 0.29) is 5.82 Å². The van der Waals surface area contributed by atoms with E-state index in [4.69, 9.17) is 4.74 Å². The van der Waals surface area contributed by atoms with Gasteiger partial charge >= 0.3 is 0 Å². The van der Waals surface area contributed by atoms with E-state index in [1.165, 1.54) is 29.3 Å². The summed E-state index contributed by atoms with van der Waals surface area (Å²) in [5, 5.41) is 1.36. The number of ether oxygens (including phenoxy) is 1. The lowest BCUT2D eigenvalue weighted by molar-refractivity contribution is 0.193. The summed E-state index contributed by atoms with van der Waals surface area (Å²) >= 11 is 0. The molecule has 1 aliphatic rings. The van der Waals surface area contributed by atoms with Crippen molar-refractivity contribution in [2.24, 2.45) is 0 Å². The van der Waals surface area contributed by atoms with Gasteiger partial charge in [-0.2, -0.15) is 0 Å². The number of hydrogen-bond donors (Lipinski definition) is 0. The molecule has 5 rings (SSSR count). The van der Waals surface area contributed by atoms with Gasteiger partial charge in [0.25, 0.3) is 0 Å². The molecule has 0 amide bonds. The number of benzene rings is 3. The number of likely N-dealkylation sites (tertiary alicyclic amines) is 1. The Morgan fingerprint density at radius 1 is 0.848 bits per heavy atom. The first-order chi connectivity index (χ1) is 16.3. The maximum atomic E-state index is 13.3. The molecule has 2 heterocycles. The highest BCUT2D eigenvalue weighted by atomic mass is 19.1. The third-order valence-corrected chi connectivity index (χ3v) is 6.74. The minimum absolute atomic E-state index is 0.185. The normalized spacial score (nSPS) is 15.2. The zero-order chi connectivity index (χ0) is 22.5. The Morgan fingerprint density at radius 3 is 2.36 bits per heavy atom. The van der Waals surface area contributed by atoms with E-state index in [2.05, 4.69) is 39.9 Å². The third kappa shape index (κ3) is 5.28. The van der Waals surface area contributed by atoms with Crippen LogP contribution in [0.25, 0.3) is 10.9 Å². The molecule has 0 aliphatic carbocycles. The highest BCUT2D eigenvalue weighted by molar-refractivity contribution is 5.84. The van der Waals surface area contributed by atoms with Gasteiger partial charge in [0.1, 0.15) is 11.6 Å². The lowest BCUT2D eigenvalue weighted by Crippen LogP contribution is -2.34. The highest BCUT2D eigenvalue weighted by Gasteiger charge is 2.23. The molecule has 33 heavy (non-hydrogen) atoms. The van der Waals surface area contributed by atoms with Crippen LogP contribution in [-0.2, 0) is 6.54 Å². The summed E-state index contributed by atoms with van der Waals surface area (Å²) in [5.74, 6) is 1.35. The fourth-order valence-electron chi connectivity index (χ4n) is 4.98. The van der Waals surface area contributed by atoms with E-state index in [0.29, 0.717) is 5.92 Å². The summed E-state index contributed by atoms with van der Waals surface area (Å²) in [6.07, 6.45) is 5.76. The van der Waals surface area contributed by atoms with Gasteiger partial charge in [-0.05, 0) is 79.7 Å². The summed E-state index contributed by atoms with van der Waals surface area (Å²) in [5.41, 5.74) is 3.84. The molecule has 1 fully saturated rings. The lowest BCUT2D eigenvalue weighted by Gasteiger charge is -2.32. The quantitative estimate of drug-likeness (QED) is 0.291. The van der Waals surface area contributed by atoms with Gasteiger partial charge in [-0.25, -0.2) is 4.39 Å². The Hall–Kier alpha value is -3.11. The van der Waals surface area contributed by atoms with Gasteiger partial charge in [0.2, 0.25) is 0 Å². The minimum Gasteiger partial charge on any atom is -0.494 e. The van der Waals surface area contributed by atoms with Crippen molar-refractivity contribution < 1.29 is 9.13 Å².